The first-order chi connectivity index (χ1) is 8.23. The van der Waals surface area contributed by atoms with Crippen LogP contribution in [-0.2, 0) is 0 Å². The first-order valence-corrected chi connectivity index (χ1v) is 4.74. The van der Waals surface area contributed by atoms with E-state index in [1.165, 1.54) is 10.8 Å². The second kappa shape index (κ2) is 4.53. The number of nitrogens with one attached hydrogen (secondary N) is 1. The van der Waals surface area contributed by atoms with Gasteiger partial charge in [-0.25, -0.2) is 0 Å². The first-order valence-electron chi connectivity index (χ1n) is 4.74. The highest BCUT2D eigenvalue weighted by Crippen LogP contribution is 2.09. The second-order valence-corrected chi connectivity index (χ2v) is 3.48. The molecule has 0 aliphatic carbocycles. The van der Waals surface area contributed by atoms with Crippen molar-refractivity contribution in [3.05, 3.63) is 6.33 Å². The molecule has 10 nitrogen and oxygen atoms in total. The van der Waals surface area contributed by atoms with Crippen LogP contribution in [0.2, 0.25) is 0 Å². The lowest BCUT2D eigenvalue weighted by Crippen LogP contribution is -2.49. The van der Waals surface area contributed by atoms with Crippen molar-refractivity contribution in [3.8, 4) is 0 Å². The zero-order valence-electron chi connectivity index (χ0n) is 8.72. The summed E-state index contributed by atoms with van der Waals surface area (Å²) in [6, 6.07) is 0. The predicted octanol–water partition coefficient (Wildman–Crippen LogP) is -2.96. The maximum Gasteiger partial charge on any atom is 0.290 e. The summed E-state index contributed by atoms with van der Waals surface area (Å²) < 4.78 is 1.27. The molecule has 0 bridgehead atoms. The van der Waals surface area contributed by atoms with E-state index in [0.29, 0.717) is 0 Å². The van der Waals surface area contributed by atoms with E-state index >= 15 is 0 Å². The third-order valence-electron chi connectivity index (χ3n) is 2.23. The highest BCUT2D eigenvalue weighted by molar-refractivity contribution is 5.30. The van der Waals surface area contributed by atoms with E-state index in [1.54, 1.807) is 0 Å². The molecule has 0 saturated heterocycles. The Morgan fingerprint density at radius 2 is 1.82 bits per heavy atom. The fourth-order valence-electron chi connectivity index (χ4n) is 1.13. The number of fused-ring (bicyclic) bond motifs is 1. The average molecular weight is 241 g/mol. The largest absolute Gasteiger partial charge is 0.394 e. The molecule has 2 aromatic heterocycles. The molecule has 0 amide bonds. The molecule has 2 heterocycles. The van der Waals surface area contributed by atoms with E-state index in [0.717, 1.165) is 0 Å². The molecular formula is C7H11N7O3. The first kappa shape index (κ1) is 11.6. The lowest BCUT2D eigenvalue weighted by molar-refractivity contribution is 0.0826. The third-order valence-corrected chi connectivity index (χ3v) is 2.23. The Labute approximate surface area is 94.9 Å². The Balaban J connectivity index is 2.27. The van der Waals surface area contributed by atoms with Gasteiger partial charge in [0.1, 0.15) is 11.9 Å². The normalized spacial score (nSPS) is 11.9. The quantitative estimate of drug-likeness (QED) is 0.432. The van der Waals surface area contributed by atoms with Gasteiger partial charge in [-0.2, -0.15) is 4.52 Å². The number of hydrogen-bond acceptors (Lipinski definition) is 9. The highest BCUT2D eigenvalue weighted by Gasteiger charge is 2.29. The van der Waals surface area contributed by atoms with E-state index < -0.39 is 25.4 Å². The van der Waals surface area contributed by atoms with Gasteiger partial charge in [-0.3, -0.25) is 0 Å². The Morgan fingerprint density at radius 1 is 1.12 bits per heavy atom. The van der Waals surface area contributed by atoms with Gasteiger partial charge in [0.05, 0.1) is 19.8 Å². The smallest absolute Gasteiger partial charge is 0.290 e. The van der Waals surface area contributed by atoms with Crippen LogP contribution >= 0.6 is 0 Å². The van der Waals surface area contributed by atoms with Crippen LogP contribution in [0, 0.1) is 0 Å². The number of aliphatic hydroxyl groups is 3. The summed E-state index contributed by atoms with van der Waals surface area (Å²) in [5, 5.41) is 48.5. The molecule has 0 spiro atoms. The van der Waals surface area contributed by atoms with Gasteiger partial charge in [0, 0.05) is 0 Å². The van der Waals surface area contributed by atoms with Crippen LogP contribution in [0.15, 0.2) is 6.33 Å². The minimum atomic E-state index is -1.30. The van der Waals surface area contributed by atoms with E-state index in [4.69, 9.17) is 15.3 Å². The SMILES string of the molecule is OCC(CO)(CO)Nc1nnc2nncn2n1. The van der Waals surface area contributed by atoms with Gasteiger partial charge in [0.25, 0.3) is 11.7 Å². The van der Waals surface area contributed by atoms with Crippen molar-refractivity contribution < 1.29 is 15.3 Å². The fraction of sp³-hybridized carbons (Fsp3) is 0.571. The maximum absolute atomic E-state index is 9.12. The molecule has 0 atom stereocenters. The molecule has 2 rings (SSSR count). The van der Waals surface area contributed by atoms with Gasteiger partial charge in [0.2, 0.25) is 0 Å². The molecule has 0 unspecified atom stereocenters. The Morgan fingerprint density at radius 3 is 2.47 bits per heavy atom. The summed E-state index contributed by atoms with van der Waals surface area (Å²) in [5.74, 6) is 0.257. The molecule has 0 saturated carbocycles. The van der Waals surface area contributed by atoms with Gasteiger partial charge >= 0.3 is 0 Å². The van der Waals surface area contributed by atoms with Crippen molar-refractivity contribution in [1.82, 2.24) is 30.0 Å². The lowest BCUT2D eigenvalue weighted by atomic mass is 10.0. The molecule has 17 heavy (non-hydrogen) atoms. The van der Waals surface area contributed by atoms with Crippen LogP contribution in [0.1, 0.15) is 0 Å². The van der Waals surface area contributed by atoms with Crippen LogP contribution in [0.5, 0.6) is 0 Å². The molecule has 0 aliphatic heterocycles. The second-order valence-electron chi connectivity index (χ2n) is 3.48. The number of hydrogen-bond donors (Lipinski definition) is 4. The Hall–Kier alpha value is -1.91. The van der Waals surface area contributed by atoms with Crippen molar-refractivity contribution in [2.24, 2.45) is 0 Å². The fourth-order valence-corrected chi connectivity index (χ4v) is 1.13. The van der Waals surface area contributed by atoms with Crippen molar-refractivity contribution in [2.45, 2.75) is 5.54 Å². The molecule has 0 aromatic carbocycles. The monoisotopic (exact) mass is 241 g/mol. The minimum Gasteiger partial charge on any atom is -0.394 e. The molecule has 0 radical (unpaired) electrons. The zero-order chi connectivity index (χ0) is 12.3. The number of aromatic nitrogens is 6. The van der Waals surface area contributed by atoms with Crippen molar-refractivity contribution in [1.29, 1.82) is 0 Å². The average Bonchev–Trinajstić information content (AvgIpc) is 2.83. The van der Waals surface area contributed by atoms with Crippen LogP contribution < -0.4 is 5.32 Å². The maximum atomic E-state index is 9.12. The lowest BCUT2D eigenvalue weighted by Gasteiger charge is -2.27. The summed E-state index contributed by atoms with van der Waals surface area (Å²) in [6.45, 7) is -1.45. The van der Waals surface area contributed by atoms with Crippen LogP contribution in [0.4, 0.5) is 5.95 Å². The molecule has 92 valence electrons. The molecule has 10 heteroatoms. The number of anilines is 1. The third kappa shape index (κ3) is 2.13. The summed E-state index contributed by atoms with van der Waals surface area (Å²) >= 11 is 0. The molecular weight excluding hydrogens is 230 g/mol. The van der Waals surface area contributed by atoms with Crippen molar-refractivity contribution >= 4 is 11.7 Å². The van der Waals surface area contributed by atoms with Gasteiger partial charge in [-0.1, -0.05) is 0 Å². The summed E-state index contributed by atoms with van der Waals surface area (Å²) in [5.41, 5.74) is -1.30. The van der Waals surface area contributed by atoms with E-state index in [1.807, 2.05) is 0 Å². The molecule has 2 aromatic rings. The number of aliphatic hydroxyl groups excluding tert-OH is 3. The van der Waals surface area contributed by atoms with Crippen LogP contribution in [-0.4, -0.2) is 70.7 Å². The Kier molecular flexibility index (Phi) is 3.08. The van der Waals surface area contributed by atoms with Crippen LogP contribution in [0.3, 0.4) is 0 Å². The van der Waals surface area contributed by atoms with Gasteiger partial charge in [0.15, 0.2) is 0 Å². The van der Waals surface area contributed by atoms with Gasteiger partial charge in [-0.05, 0) is 0 Å². The predicted molar refractivity (Wildman–Crippen MR) is 54.0 cm³/mol. The number of nitrogens with zero attached hydrogens (tertiary/aromatic N) is 6. The van der Waals surface area contributed by atoms with Crippen molar-refractivity contribution in [3.63, 3.8) is 0 Å². The summed E-state index contributed by atoms with van der Waals surface area (Å²) in [4.78, 5) is 0. The van der Waals surface area contributed by atoms with Gasteiger partial charge < -0.3 is 20.6 Å². The molecule has 4 N–H and O–H groups in total. The highest BCUT2D eigenvalue weighted by atomic mass is 16.3. The number of rotatable bonds is 5. The zero-order valence-corrected chi connectivity index (χ0v) is 8.72. The van der Waals surface area contributed by atoms with Gasteiger partial charge in [-0.15, -0.1) is 25.5 Å². The van der Waals surface area contributed by atoms with Crippen molar-refractivity contribution in [2.75, 3.05) is 25.1 Å². The van der Waals surface area contributed by atoms with Crippen LogP contribution in [0.25, 0.3) is 5.78 Å². The van der Waals surface area contributed by atoms with E-state index in [2.05, 4.69) is 30.8 Å². The summed E-state index contributed by atoms with van der Waals surface area (Å²) in [7, 11) is 0. The standard InChI is InChI=1S/C7H11N7O3/c15-1-7(2-16,3-17)9-5-10-12-6-11-8-4-14(6)13-5/h4,15-17H,1-3H2,(H,9,13). The van der Waals surface area contributed by atoms with E-state index in [9.17, 15) is 0 Å². The minimum absolute atomic E-state index is 0.0365. The summed E-state index contributed by atoms with van der Waals surface area (Å²) in [6.07, 6.45) is 1.33. The topological polar surface area (TPSA) is 142 Å². The Bertz CT molecular complexity index is 489. The van der Waals surface area contributed by atoms with E-state index in [-0.39, 0.29) is 11.7 Å². The molecule has 0 fully saturated rings. The molecule has 0 aliphatic rings.